The first kappa shape index (κ1) is 25.6. The maximum atomic E-state index is 13.4. The Labute approximate surface area is 235 Å². The summed E-state index contributed by atoms with van der Waals surface area (Å²) >= 11 is 0. The van der Waals surface area contributed by atoms with Crippen molar-refractivity contribution in [3.05, 3.63) is 121 Å². The molecule has 0 spiro atoms. The number of hydrogen-bond acceptors (Lipinski definition) is 7. The van der Waals surface area contributed by atoms with E-state index in [4.69, 9.17) is 9.40 Å². The standard InChI is InChI=1S/C31H25N7O3/c1-37(30(40)22-7-3-2-4-8-22)24-9-10-27-25(17-24)35-31(38(27)15-12-21-6-5-13-32-18-21)36-29(39)23-11-14-34-26(16-23)28-19-33-20-41-28/h2-11,13-14,16-20H,12,15H2,1H3,(H,35,36,39). The Morgan fingerprint density at radius 2 is 1.80 bits per heavy atom. The Kier molecular flexibility index (Phi) is 7.02. The van der Waals surface area contributed by atoms with Gasteiger partial charge in [-0.05, 0) is 60.5 Å². The predicted octanol–water partition coefficient (Wildman–Crippen LogP) is 5.25. The van der Waals surface area contributed by atoms with Gasteiger partial charge in [0.2, 0.25) is 5.95 Å². The van der Waals surface area contributed by atoms with E-state index < -0.39 is 0 Å². The number of hydrogen-bond donors (Lipinski definition) is 1. The Balaban J connectivity index is 1.33. The third-order valence-corrected chi connectivity index (χ3v) is 6.72. The van der Waals surface area contributed by atoms with Crippen molar-refractivity contribution in [1.82, 2.24) is 24.5 Å². The number of aromatic nitrogens is 5. The number of carbonyl (C=O) groups is 2. The van der Waals surface area contributed by atoms with Gasteiger partial charge in [0.05, 0.1) is 17.2 Å². The molecule has 0 bridgehead atoms. The second-order valence-corrected chi connectivity index (χ2v) is 9.35. The Bertz CT molecular complexity index is 1820. The van der Waals surface area contributed by atoms with Crippen LogP contribution in [0.3, 0.4) is 0 Å². The van der Waals surface area contributed by atoms with Crippen molar-refractivity contribution in [2.75, 3.05) is 17.3 Å². The molecule has 0 radical (unpaired) electrons. The van der Waals surface area contributed by atoms with Crippen LogP contribution in [0.1, 0.15) is 26.3 Å². The summed E-state index contributed by atoms with van der Waals surface area (Å²) in [6.07, 6.45) is 8.64. The van der Waals surface area contributed by atoms with Crippen LogP contribution in [0.15, 0.2) is 108 Å². The number of imidazole rings is 1. The quantitative estimate of drug-likeness (QED) is 0.278. The molecule has 0 aliphatic carbocycles. The minimum atomic E-state index is -0.345. The SMILES string of the molecule is CN(C(=O)c1ccccc1)c1ccc2c(c1)nc(NC(=O)c1ccnc(-c3cnco3)c1)n2CCc1cccnc1. The van der Waals surface area contributed by atoms with Gasteiger partial charge in [0.1, 0.15) is 5.69 Å². The average Bonchev–Trinajstić information content (AvgIpc) is 3.68. The van der Waals surface area contributed by atoms with E-state index in [-0.39, 0.29) is 11.8 Å². The largest absolute Gasteiger partial charge is 0.442 e. The summed E-state index contributed by atoms with van der Waals surface area (Å²) in [5.41, 5.74) is 4.70. The number of nitrogens with one attached hydrogen (secondary N) is 1. The topological polar surface area (TPSA) is 119 Å². The van der Waals surface area contributed by atoms with E-state index in [2.05, 4.69) is 20.3 Å². The minimum Gasteiger partial charge on any atom is -0.442 e. The van der Waals surface area contributed by atoms with Crippen LogP contribution in [0.5, 0.6) is 0 Å². The van der Waals surface area contributed by atoms with Gasteiger partial charge in [-0.3, -0.25) is 24.9 Å². The van der Waals surface area contributed by atoms with Crippen molar-refractivity contribution in [3.8, 4) is 11.5 Å². The molecule has 0 aliphatic rings. The van der Waals surface area contributed by atoms with Crippen LogP contribution in [0.2, 0.25) is 0 Å². The maximum absolute atomic E-state index is 13.4. The fraction of sp³-hybridized carbons (Fsp3) is 0.0968. The van der Waals surface area contributed by atoms with Gasteiger partial charge in [-0.2, -0.15) is 0 Å². The number of nitrogens with zero attached hydrogens (tertiary/aromatic N) is 6. The Hall–Kier alpha value is -5.64. The molecule has 6 aromatic rings. The first-order valence-electron chi connectivity index (χ1n) is 13.0. The lowest BCUT2D eigenvalue weighted by molar-refractivity contribution is 0.0991. The summed E-state index contributed by atoms with van der Waals surface area (Å²) < 4.78 is 7.29. The second-order valence-electron chi connectivity index (χ2n) is 9.35. The highest BCUT2D eigenvalue weighted by atomic mass is 16.3. The van der Waals surface area contributed by atoms with Gasteiger partial charge in [-0.1, -0.05) is 24.3 Å². The second kappa shape index (κ2) is 11.2. The molecule has 6 rings (SSSR count). The van der Waals surface area contributed by atoms with Crippen LogP contribution in [0, 0.1) is 0 Å². The summed E-state index contributed by atoms with van der Waals surface area (Å²) in [6, 6.07) is 21.9. The molecule has 0 aliphatic heterocycles. The van der Waals surface area contributed by atoms with Crippen molar-refractivity contribution in [3.63, 3.8) is 0 Å². The molecule has 0 unspecified atom stereocenters. The van der Waals surface area contributed by atoms with Gasteiger partial charge >= 0.3 is 0 Å². The number of anilines is 2. The molecule has 10 heteroatoms. The minimum absolute atomic E-state index is 0.130. The molecule has 0 fully saturated rings. The van der Waals surface area contributed by atoms with Crippen molar-refractivity contribution < 1.29 is 14.0 Å². The van der Waals surface area contributed by atoms with Crippen molar-refractivity contribution >= 4 is 34.5 Å². The summed E-state index contributed by atoms with van der Waals surface area (Å²) in [5, 5.41) is 2.97. The Morgan fingerprint density at radius 1 is 0.927 bits per heavy atom. The number of pyridine rings is 2. The van der Waals surface area contributed by atoms with Gasteiger partial charge < -0.3 is 13.9 Å². The molecule has 0 atom stereocenters. The monoisotopic (exact) mass is 543 g/mol. The summed E-state index contributed by atoms with van der Waals surface area (Å²) in [6.45, 7) is 0.551. The normalized spacial score (nSPS) is 11.0. The number of carbonyl (C=O) groups excluding carboxylic acids is 2. The average molecular weight is 544 g/mol. The van der Waals surface area contributed by atoms with Crippen molar-refractivity contribution in [2.45, 2.75) is 13.0 Å². The number of amides is 2. The van der Waals surface area contributed by atoms with Crippen LogP contribution in [-0.4, -0.2) is 43.4 Å². The van der Waals surface area contributed by atoms with Crippen LogP contribution < -0.4 is 10.2 Å². The zero-order valence-corrected chi connectivity index (χ0v) is 22.1. The molecule has 10 nitrogen and oxygen atoms in total. The van der Waals surface area contributed by atoms with E-state index in [1.165, 1.54) is 6.39 Å². The Morgan fingerprint density at radius 3 is 2.59 bits per heavy atom. The van der Waals surface area contributed by atoms with E-state index in [1.807, 2.05) is 59.3 Å². The number of aryl methyl sites for hydroxylation is 2. The van der Waals surface area contributed by atoms with Gasteiger partial charge in [-0.25, -0.2) is 9.97 Å². The third-order valence-electron chi connectivity index (χ3n) is 6.72. The van der Waals surface area contributed by atoms with Gasteiger partial charge in [0.25, 0.3) is 11.8 Å². The first-order valence-corrected chi connectivity index (χ1v) is 13.0. The van der Waals surface area contributed by atoms with Gasteiger partial charge in [0.15, 0.2) is 12.2 Å². The molecule has 0 saturated carbocycles. The first-order chi connectivity index (χ1) is 20.1. The zero-order valence-electron chi connectivity index (χ0n) is 22.1. The van der Waals surface area contributed by atoms with Crippen LogP contribution in [0.4, 0.5) is 11.6 Å². The fourth-order valence-electron chi connectivity index (χ4n) is 4.55. The molecule has 0 saturated heterocycles. The molecule has 2 aromatic carbocycles. The maximum Gasteiger partial charge on any atom is 0.258 e. The molecule has 202 valence electrons. The number of fused-ring (bicyclic) bond motifs is 1. The van der Waals surface area contributed by atoms with Crippen LogP contribution >= 0.6 is 0 Å². The summed E-state index contributed by atoms with van der Waals surface area (Å²) in [7, 11) is 1.73. The lowest BCUT2D eigenvalue weighted by Gasteiger charge is -2.17. The highest BCUT2D eigenvalue weighted by Crippen LogP contribution is 2.27. The van der Waals surface area contributed by atoms with E-state index in [0.717, 1.165) is 11.1 Å². The van der Waals surface area contributed by atoms with Gasteiger partial charge in [0, 0.05) is 49.0 Å². The molecule has 2 amide bonds. The summed E-state index contributed by atoms with van der Waals surface area (Å²) in [4.78, 5) is 45.2. The summed E-state index contributed by atoms with van der Waals surface area (Å²) in [5.74, 6) is 0.378. The number of benzene rings is 2. The molecule has 1 N–H and O–H groups in total. The smallest absolute Gasteiger partial charge is 0.258 e. The van der Waals surface area contributed by atoms with Crippen molar-refractivity contribution in [1.29, 1.82) is 0 Å². The lowest BCUT2D eigenvalue weighted by Crippen LogP contribution is -2.26. The fourth-order valence-corrected chi connectivity index (χ4v) is 4.55. The highest BCUT2D eigenvalue weighted by molar-refractivity contribution is 6.07. The third kappa shape index (κ3) is 5.44. The molecule has 4 heterocycles. The van der Waals surface area contributed by atoms with Crippen LogP contribution in [-0.2, 0) is 13.0 Å². The van der Waals surface area contributed by atoms with E-state index in [0.29, 0.717) is 52.7 Å². The van der Waals surface area contributed by atoms with Crippen LogP contribution in [0.25, 0.3) is 22.5 Å². The highest BCUT2D eigenvalue weighted by Gasteiger charge is 2.19. The molecule has 4 aromatic heterocycles. The van der Waals surface area contributed by atoms with E-state index >= 15 is 0 Å². The number of oxazole rings is 1. The van der Waals surface area contributed by atoms with E-state index in [9.17, 15) is 9.59 Å². The molecule has 41 heavy (non-hydrogen) atoms. The van der Waals surface area contributed by atoms with E-state index in [1.54, 1.807) is 54.8 Å². The lowest BCUT2D eigenvalue weighted by atomic mass is 10.2. The molecular formula is C31H25N7O3. The van der Waals surface area contributed by atoms with Gasteiger partial charge in [-0.15, -0.1) is 0 Å². The zero-order chi connectivity index (χ0) is 28.2. The number of rotatable bonds is 8. The van der Waals surface area contributed by atoms with Crippen molar-refractivity contribution in [2.24, 2.45) is 0 Å². The predicted molar refractivity (Wildman–Crippen MR) is 155 cm³/mol. The molecular weight excluding hydrogens is 518 g/mol.